The molecule has 3 heteroatoms. The van der Waals surface area contributed by atoms with Gasteiger partial charge in [-0.1, -0.05) is 32.9 Å². The van der Waals surface area contributed by atoms with Gasteiger partial charge in [0.25, 0.3) is 0 Å². The van der Waals surface area contributed by atoms with Crippen LogP contribution in [0.4, 0.5) is 0 Å². The second-order valence-corrected chi connectivity index (χ2v) is 5.30. The largest absolute Gasteiger partial charge is 0.326 e. The van der Waals surface area contributed by atoms with Gasteiger partial charge in [-0.05, 0) is 28.7 Å². The zero-order chi connectivity index (χ0) is 12.5. The normalized spacial score (nSPS) is 11.8. The van der Waals surface area contributed by atoms with E-state index in [4.69, 9.17) is 5.73 Å². The maximum atomic E-state index is 5.64. The number of aromatic nitrogens is 2. The van der Waals surface area contributed by atoms with Gasteiger partial charge in [-0.3, -0.25) is 0 Å². The maximum Gasteiger partial charge on any atom is 0.0648 e. The van der Waals surface area contributed by atoms with Crippen LogP contribution in [0, 0.1) is 0 Å². The Hall–Kier alpha value is -1.61. The number of rotatable bonds is 2. The molecule has 3 nitrogen and oxygen atoms in total. The highest BCUT2D eigenvalue weighted by Crippen LogP contribution is 2.22. The van der Waals surface area contributed by atoms with Crippen molar-refractivity contribution in [1.82, 2.24) is 9.78 Å². The number of hydrogen-bond acceptors (Lipinski definition) is 2. The van der Waals surface area contributed by atoms with E-state index in [1.54, 1.807) is 0 Å². The average Bonchev–Trinajstić information content (AvgIpc) is 2.78. The zero-order valence-corrected chi connectivity index (χ0v) is 10.6. The third kappa shape index (κ3) is 2.56. The van der Waals surface area contributed by atoms with Crippen LogP contribution in [0.2, 0.25) is 0 Å². The van der Waals surface area contributed by atoms with Gasteiger partial charge < -0.3 is 5.73 Å². The molecule has 0 radical (unpaired) electrons. The fraction of sp³-hybridized carbons (Fsp3) is 0.357. The summed E-state index contributed by atoms with van der Waals surface area (Å²) in [6.07, 6.45) is 4.00. The van der Waals surface area contributed by atoms with Crippen molar-refractivity contribution in [1.29, 1.82) is 0 Å². The lowest BCUT2D eigenvalue weighted by atomic mass is 9.90. The summed E-state index contributed by atoms with van der Waals surface area (Å²) in [5, 5.41) is 4.40. The summed E-state index contributed by atoms with van der Waals surface area (Å²) in [5.41, 5.74) is 9.18. The van der Waals surface area contributed by atoms with Crippen LogP contribution in [-0.2, 0) is 12.0 Å². The Morgan fingerprint density at radius 1 is 1.29 bits per heavy atom. The molecule has 2 aromatic rings. The van der Waals surface area contributed by atoms with Gasteiger partial charge in [0.1, 0.15) is 0 Å². The van der Waals surface area contributed by atoms with Crippen molar-refractivity contribution in [2.24, 2.45) is 5.73 Å². The van der Waals surface area contributed by atoms with Gasteiger partial charge in [0.15, 0.2) is 0 Å². The molecule has 90 valence electrons. The minimum absolute atomic E-state index is 0.129. The molecule has 0 saturated carbocycles. The van der Waals surface area contributed by atoms with Crippen molar-refractivity contribution in [2.45, 2.75) is 32.7 Å². The second-order valence-electron chi connectivity index (χ2n) is 5.30. The van der Waals surface area contributed by atoms with Gasteiger partial charge in [-0.25, -0.2) is 4.68 Å². The lowest BCUT2D eigenvalue weighted by Gasteiger charge is -2.15. The molecular weight excluding hydrogens is 210 g/mol. The van der Waals surface area contributed by atoms with Gasteiger partial charge in [-0.15, -0.1) is 0 Å². The minimum Gasteiger partial charge on any atom is -0.326 e. The van der Waals surface area contributed by atoms with Crippen molar-refractivity contribution in [3.05, 3.63) is 47.8 Å². The summed E-state index contributed by atoms with van der Waals surface area (Å²) in [5.74, 6) is 0. The first kappa shape index (κ1) is 11.9. The first-order valence-corrected chi connectivity index (χ1v) is 5.85. The third-order valence-corrected chi connectivity index (χ3v) is 2.86. The summed E-state index contributed by atoms with van der Waals surface area (Å²) in [7, 11) is 0. The van der Waals surface area contributed by atoms with E-state index in [1.807, 2.05) is 29.1 Å². The number of nitrogens with two attached hydrogens (primary N) is 1. The van der Waals surface area contributed by atoms with Crippen molar-refractivity contribution < 1.29 is 0 Å². The standard InChI is InChI=1S/C14H19N3/c1-14(2,3)12-9-16-17(10-12)13-6-4-5-11(7-13)8-15/h4-7,9-10H,8,15H2,1-3H3. The van der Waals surface area contributed by atoms with E-state index in [2.05, 4.69) is 38.1 Å². The van der Waals surface area contributed by atoms with Crippen LogP contribution in [0.15, 0.2) is 36.7 Å². The molecule has 0 aliphatic rings. The number of nitrogens with zero attached hydrogens (tertiary/aromatic N) is 2. The van der Waals surface area contributed by atoms with Gasteiger partial charge in [-0.2, -0.15) is 5.10 Å². The highest BCUT2D eigenvalue weighted by atomic mass is 15.3. The van der Waals surface area contributed by atoms with E-state index in [9.17, 15) is 0 Å². The molecule has 0 fully saturated rings. The molecule has 2 rings (SSSR count). The molecule has 0 aliphatic carbocycles. The molecular formula is C14H19N3. The van der Waals surface area contributed by atoms with Crippen LogP contribution < -0.4 is 5.73 Å². The van der Waals surface area contributed by atoms with E-state index >= 15 is 0 Å². The van der Waals surface area contributed by atoms with E-state index < -0.39 is 0 Å². The van der Waals surface area contributed by atoms with E-state index in [1.165, 1.54) is 5.56 Å². The predicted octanol–water partition coefficient (Wildman–Crippen LogP) is 2.63. The maximum absolute atomic E-state index is 5.64. The van der Waals surface area contributed by atoms with Crippen molar-refractivity contribution >= 4 is 0 Å². The number of benzene rings is 1. The first-order chi connectivity index (χ1) is 8.00. The monoisotopic (exact) mass is 229 g/mol. The van der Waals surface area contributed by atoms with Crippen LogP contribution in [-0.4, -0.2) is 9.78 Å². The highest BCUT2D eigenvalue weighted by Gasteiger charge is 2.15. The van der Waals surface area contributed by atoms with Gasteiger partial charge in [0, 0.05) is 12.7 Å². The predicted molar refractivity (Wildman–Crippen MR) is 70.2 cm³/mol. The fourth-order valence-corrected chi connectivity index (χ4v) is 1.68. The molecule has 17 heavy (non-hydrogen) atoms. The Balaban J connectivity index is 2.37. The molecule has 1 aromatic carbocycles. The van der Waals surface area contributed by atoms with Crippen molar-refractivity contribution in [3.8, 4) is 5.69 Å². The quantitative estimate of drug-likeness (QED) is 0.860. The smallest absolute Gasteiger partial charge is 0.0648 e. The molecule has 1 aromatic heterocycles. The van der Waals surface area contributed by atoms with E-state index in [-0.39, 0.29) is 5.41 Å². The molecule has 0 atom stereocenters. The van der Waals surface area contributed by atoms with Crippen LogP contribution in [0.1, 0.15) is 31.9 Å². The third-order valence-electron chi connectivity index (χ3n) is 2.86. The van der Waals surface area contributed by atoms with Crippen LogP contribution >= 0.6 is 0 Å². The van der Waals surface area contributed by atoms with Gasteiger partial charge in [0.05, 0.1) is 11.9 Å². The highest BCUT2D eigenvalue weighted by molar-refractivity contribution is 5.36. The Morgan fingerprint density at radius 3 is 2.65 bits per heavy atom. The Bertz CT molecular complexity index is 506. The SMILES string of the molecule is CC(C)(C)c1cnn(-c2cccc(CN)c2)c1. The van der Waals surface area contributed by atoms with E-state index in [0.717, 1.165) is 11.3 Å². The molecule has 0 aliphatic heterocycles. The Kier molecular flexibility index (Phi) is 3.03. The molecule has 0 spiro atoms. The van der Waals surface area contributed by atoms with Crippen molar-refractivity contribution in [3.63, 3.8) is 0 Å². The van der Waals surface area contributed by atoms with Crippen LogP contribution in [0.25, 0.3) is 5.69 Å². The minimum atomic E-state index is 0.129. The summed E-state index contributed by atoms with van der Waals surface area (Å²) in [6, 6.07) is 8.14. The van der Waals surface area contributed by atoms with Crippen molar-refractivity contribution in [2.75, 3.05) is 0 Å². The second kappa shape index (κ2) is 4.34. The molecule has 0 amide bonds. The summed E-state index contributed by atoms with van der Waals surface area (Å²) < 4.78 is 1.90. The Morgan fingerprint density at radius 2 is 2.06 bits per heavy atom. The zero-order valence-electron chi connectivity index (χ0n) is 10.6. The number of hydrogen-bond donors (Lipinski definition) is 1. The lowest BCUT2D eigenvalue weighted by molar-refractivity contribution is 0.590. The van der Waals surface area contributed by atoms with Crippen LogP contribution in [0.3, 0.4) is 0 Å². The fourth-order valence-electron chi connectivity index (χ4n) is 1.68. The molecule has 2 N–H and O–H groups in total. The first-order valence-electron chi connectivity index (χ1n) is 5.85. The van der Waals surface area contributed by atoms with Gasteiger partial charge >= 0.3 is 0 Å². The van der Waals surface area contributed by atoms with Gasteiger partial charge in [0.2, 0.25) is 0 Å². The topological polar surface area (TPSA) is 43.8 Å². The molecule has 0 bridgehead atoms. The molecule has 0 saturated heterocycles. The summed E-state index contributed by atoms with van der Waals surface area (Å²) in [6.45, 7) is 7.11. The molecule has 1 heterocycles. The summed E-state index contributed by atoms with van der Waals surface area (Å²) in [4.78, 5) is 0. The van der Waals surface area contributed by atoms with Crippen LogP contribution in [0.5, 0.6) is 0 Å². The molecule has 0 unspecified atom stereocenters. The average molecular weight is 229 g/mol. The van der Waals surface area contributed by atoms with E-state index in [0.29, 0.717) is 6.54 Å². The Labute approximate surface area is 102 Å². The summed E-state index contributed by atoms with van der Waals surface area (Å²) >= 11 is 0. The lowest BCUT2D eigenvalue weighted by Crippen LogP contribution is -2.09.